The largest absolute Gasteiger partial charge is 0.493 e. The molecule has 5 rings (SSSR count). The number of anilines is 1. The van der Waals surface area contributed by atoms with E-state index in [4.69, 9.17) is 52.9 Å². The van der Waals surface area contributed by atoms with E-state index in [0.717, 1.165) is 44.8 Å². The minimum atomic E-state index is 0.360. The van der Waals surface area contributed by atoms with E-state index < -0.39 is 0 Å². The summed E-state index contributed by atoms with van der Waals surface area (Å²) in [5.41, 5.74) is 7.80. The van der Waals surface area contributed by atoms with Crippen molar-refractivity contribution in [3.05, 3.63) is 64.6 Å². The number of nitrogens with zero attached hydrogens (tertiary/aromatic N) is 3. The molecule has 0 unspecified atom stereocenters. The molecule has 1 aromatic heterocycles. The van der Waals surface area contributed by atoms with Crippen LogP contribution in [0.5, 0.6) is 23.0 Å². The van der Waals surface area contributed by atoms with E-state index in [1.165, 1.54) is 0 Å². The molecule has 198 valence electrons. The predicted octanol–water partition coefficient (Wildman–Crippen LogP) is 6.09. The summed E-state index contributed by atoms with van der Waals surface area (Å²) in [5.74, 6) is 3.19. The van der Waals surface area contributed by atoms with Gasteiger partial charge in [-0.3, -0.25) is 4.90 Å². The molecule has 0 bridgehead atoms. The van der Waals surface area contributed by atoms with Crippen LogP contribution in [0.2, 0.25) is 10.0 Å². The Balaban J connectivity index is 1.30. The second-order valence-corrected chi connectivity index (χ2v) is 9.65. The minimum Gasteiger partial charge on any atom is -0.493 e. The van der Waals surface area contributed by atoms with Crippen molar-refractivity contribution in [2.75, 3.05) is 52.3 Å². The topological polar surface area (TPSA) is 92.0 Å². The van der Waals surface area contributed by atoms with Gasteiger partial charge >= 0.3 is 0 Å². The molecule has 10 heteroatoms. The van der Waals surface area contributed by atoms with E-state index in [0.29, 0.717) is 62.2 Å². The fourth-order valence-corrected chi connectivity index (χ4v) is 4.66. The predicted molar refractivity (Wildman–Crippen MR) is 150 cm³/mol. The van der Waals surface area contributed by atoms with E-state index >= 15 is 0 Å². The first-order chi connectivity index (χ1) is 18.5. The van der Waals surface area contributed by atoms with Crippen molar-refractivity contribution in [1.82, 2.24) is 14.9 Å². The van der Waals surface area contributed by atoms with Crippen molar-refractivity contribution in [2.45, 2.75) is 6.42 Å². The average molecular weight is 555 g/mol. The van der Waals surface area contributed by atoms with Crippen molar-refractivity contribution < 1.29 is 18.9 Å². The molecule has 1 aliphatic rings. The molecule has 0 radical (unpaired) electrons. The van der Waals surface area contributed by atoms with E-state index in [9.17, 15) is 0 Å². The third-order valence-electron chi connectivity index (χ3n) is 6.22. The number of hydrogen-bond donors (Lipinski definition) is 1. The first-order valence-corrected chi connectivity index (χ1v) is 13.1. The van der Waals surface area contributed by atoms with Gasteiger partial charge < -0.3 is 24.7 Å². The normalized spacial score (nSPS) is 14.0. The van der Waals surface area contributed by atoms with Crippen molar-refractivity contribution in [1.29, 1.82) is 0 Å². The molecule has 2 heterocycles. The number of nitrogens with two attached hydrogens (primary N) is 1. The molecule has 0 amide bonds. The molecular weight excluding hydrogens is 527 g/mol. The Bertz CT molecular complexity index is 1410. The number of ether oxygens (including phenoxy) is 4. The Morgan fingerprint density at radius 1 is 0.947 bits per heavy atom. The third kappa shape index (κ3) is 6.22. The van der Waals surface area contributed by atoms with Gasteiger partial charge in [0, 0.05) is 41.7 Å². The van der Waals surface area contributed by atoms with Crippen LogP contribution in [0.4, 0.5) is 5.82 Å². The molecule has 0 saturated carbocycles. The molecule has 1 aliphatic heterocycles. The average Bonchev–Trinajstić information content (AvgIpc) is 2.93. The third-order valence-corrected chi connectivity index (χ3v) is 6.76. The van der Waals surface area contributed by atoms with Gasteiger partial charge in [-0.05, 0) is 55.0 Å². The molecule has 8 nitrogen and oxygen atoms in total. The van der Waals surface area contributed by atoms with Crippen LogP contribution >= 0.6 is 23.2 Å². The summed E-state index contributed by atoms with van der Waals surface area (Å²) in [6.07, 6.45) is 0.899. The summed E-state index contributed by atoms with van der Waals surface area (Å²) in [5, 5.41) is 1.68. The highest BCUT2D eigenvalue weighted by atomic mass is 35.5. The molecule has 2 N–H and O–H groups in total. The van der Waals surface area contributed by atoms with Gasteiger partial charge in [0.05, 0.1) is 37.5 Å². The molecule has 38 heavy (non-hydrogen) atoms. The Labute approximate surface area is 231 Å². The fourth-order valence-electron chi connectivity index (χ4n) is 4.21. The van der Waals surface area contributed by atoms with Crippen LogP contribution < -0.4 is 19.9 Å². The highest BCUT2D eigenvalue weighted by molar-refractivity contribution is 6.35. The number of fused-ring (bicyclic) bond motifs is 1. The van der Waals surface area contributed by atoms with E-state index in [1.807, 2.05) is 36.4 Å². The summed E-state index contributed by atoms with van der Waals surface area (Å²) in [6.45, 7) is 5.02. The van der Waals surface area contributed by atoms with Crippen molar-refractivity contribution in [3.8, 4) is 34.4 Å². The Hall–Kier alpha value is -3.30. The van der Waals surface area contributed by atoms with Gasteiger partial charge in [-0.25, -0.2) is 9.97 Å². The molecule has 0 aliphatic carbocycles. The summed E-state index contributed by atoms with van der Waals surface area (Å²) in [4.78, 5) is 11.6. The molecule has 0 spiro atoms. The SMILES string of the molecule is COc1cc2nc(-c3ccc(Oc4ccc(Cl)cc4Cl)cc3)nc(N)c2cc1OCCCN1CCOCC1. The lowest BCUT2D eigenvalue weighted by atomic mass is 10.1. The highest BCUT2D eigenvalue weighted by Gasteiger charge is 2.15. The van der Waals surface area contributed by atoms with Gasteiger partial charge in [0.2, 0.25) is 0 Å². The molecule has 0 atom stereocenters. The number of aromatic nitrogens is 2. The number of halogens is 2. The maximum absolute atomic E-state index is 6.35. The Morgan fingerprint density at radius 3 is 2.47 bits per heavy atom. The van der Waals surface area contributed by atoms with Crippen LogP contribution in [0, 0.1) is 0 Å². The molecule has 1 fully saturated rings. The summed E-state index contributed by atoms with van der Waals surface area (Å²) in [6, 6.07) is 16.1. The van der Waals surface area contributed by atoms with Crippen LogP contribution in [-0.2, 0) is 4.74 Å². The number of benzene rings is 3. The van der Waals surface area contributed by atoms with Crippen LogP contribution in [0.1, 0.15) is 6.42 Å². The zero-order valence-electron chi connectivity index (χ0n) is 21.0. The summed E-state index contributed by atoms with van der Waals surface area (Å²) >= 11 is 12.2. The quantitative estimate of drug-likeness (QED) is 0.248. The number of methoxy groups -OCH3 is 1. The van der Waals surface area contributed by atoms with Crippen molar-refractivity contribution in [2.24, 2.45) is 0 Å². The van der Waals surface area contributed by atoms with E-state index in [-0.39, 0.29) is 0 Å². The summed E-state index contributed by atoms with van der Waals surface area (Å²) in [7, 11) is 1.61. The smallest absolute Gasteiger partial charge is 0.162 e. The fraction of sp³-hybridized carbons (Fsp3) is 0.286. The minimum absolute atomic E-state index is 0.360. The highest BCUT2D eigenvalue weighted by Crippen LogP contribution is 2.36. The van der Waals surface area contributed by atoms with Crippen LogP contribution in [-0.4, -0.2) is 61.4 Å². The first-order valence-electron chi connectivity index (χ1n) is 12.3. The second-order valence-electron chi connectivity index (χ2n) is 8.81. The lowest BCUT2D eigenvalue weighted by Gasteiger charge is -2.26. The van der Waals surface area contributed by atoms with Crippen LogP contribution in [0.3, 0.4) is 0 Å². The zero-order chi connectivity index (χ0) is 26.5. The Morgan fingerprint density at radius 2 is 1.74 bits per heavy atom. The maximum atomic E-state index is 6.35. The first kappa shape index (κ1) is 26.3. The van der Waals surface area contributed by atoms with Gasteiger partial charge in [0.15, 0.2) is 17.3 Å². The van der Waals surface area contributed by atoms with Gasteiger partial charge in [-0.15, -0.1) is 0 Å². The number of rotatable bonds is 9. The number of morpholine rings is 1. The maximum Gasteiger partial charge on any atom is 0.162 e. The Kier molecular flexibility index (Phi) is 8.34. The molecule has 4 aromatic rings. The summed E-state index contributed by atoms with van der Waals surface area (Å²) < 4.78 is 22.9. The van der Waals surface area contributed by atoms with E-state index in [1.54, 1.807) is 25.3 Å². The molecule has 1 saturated heterocycles. The zero-order valence-corrected chi connectivity index (χ0v) is 22.5. The van der Waals surface area contributed by atoms with Gasteiger partial charge in [-0.1, -0.05) is 23.2 Å². The number of hydrogen-bond acceptors (Lipinski definition) is 8. The van der Waals surface area contributed by atoms with Crippen molar-refractivity contribution >= 4 is 39.9 Å². The lowest BCUT2D eigenvalue weighted by Crippen LogP contribution is -2.37. The standard InChI is InChI=1S/C28H28Cl2N4O4/c1-35-25-17-23-21(16-26(25)37-12-2-9-34-10-13-36-14-11-34)27(31)33-28(32-23)18-3-6-20(7-4-18)38-24-8-5-19(29)15-22(24)30/h3-8,15-17H,2,9-14H2,1H3,(H2,31,32,33). The van der Waals surface area contributed by atoms with Gasteiger partial charge in [0.25, 0.3) is 0 Å². The lowest BCUT2D eigenvalue weighted by molar-refractivity contribution is 0.0357. The monoisotopic (exact) mass is 554 g/mol. The molecular formula is C28H28Cl2N4O4. The van der Waals surface area contributed by atoms with E-state index in [2.05, 4.69) is 9.88 Å². The molecule has 3 aromatic carbocycles. The van der Waals surface area contributed by atoms with Gasteiger partial charge in [0.1, 0.15) is 17.3 Å². The van der Waals surface area contributed by atoms with Gasteiger partial charge in [-0.2, -0.15) is 0 Å². The second kappa shape index (κ2) is 12.0. The van der Waals surface area contributed by atoms with Crippen molar-refractivity contribution in [3.63, 3.8) is 0 Å². The van der Waals surface area contributed by atoms with Crippen LogP contribution in [0.15, 0.2) is 54.6 Å². The number of nitrogen functional groups attached to an aromatic ring is 1. The van der Waals surface area contributed by atoms with Crippen LogP contribution in [0.25, 0.3) is 22.3 Å².